The van der Waals surface area contributed by atoms with Gasteiger partial charge in [-0.25, -0.2) is 4.98 Å². The van der Waals surface area contributed by atoms with Gasteiger partial charge < -0.3 is 32.1 Å². The average molecular weight is 793 g/mol. The van der Waals surface area contributed by atoms with Crippen molar-refractivity contribution in [3.8, 4) is 5.75 Å². The second-order valence-corrected chi connectivity index (χ2v) is 24.5. The normalized spacial score (nSPS) is 22.3. The lowest BCUT2D eigenvalue weighted by atomic mass is 10.1. The molecule has 4 heterocycles. The van der Waals surface area contributed by atoms with Crippen molar-refractivity contribution in [3.63, 3.8) is 0 Å². The number of aromatic nitrogens is 4. The van der Waals surface area contributed by atoms with Crippen LogP contribution in [-0.2, 0) is 22.4 Å². The molecular formula is C38H52N6O7SSi2. The number of amides is 1. The maximum Gasteiger partial charge on any atom is 0.358 e. The zero-order valence-electron chi connectivity index (χ0n) is 32.7. The van der Waals surface area contributed by atoms with Crippen molar-refractivity contribution in [2.45, 2.75) is 102 Å². The summed E-state index contributed by atoms with van der Waals surface area (Å²) in [4.78, 5) is 29.3. The summed E-state index contributed by atoms with van der Waals surface area (Å²) in [7, 11) is -2.25. The highest BCUT2D eigenvalue weighted by Crippen LogP contribution is 2.49. The number of anilines is 2. The molecule has 2 fully saturated rings. The number of benzene rings is 2. The zero-order chi connectivity index (χ0) is 38.9. The van der Waals surface area contributed by atoms with Gasteiger partial charge in [0.2, 0.25) is 5.95 Å². The molecule has 6 rings (SSSR count). The number of fused-ring (bicyclic) bond motifs is 2. The molecule has 0 spiro atoms. The van der Waals surface area contributed by atoms with Gasteiger partial charge in [0.1, 0.15) is 18.0 Å². The van der Waals surface area contributed by atoms with Gasteiger partial charge in [0, 0.05) is 31.9 Å². The predicted molar refractivity (Wildman–Crippen MR) is 216 cm³/mol. The summed E-state index contributed by atoms with van der Waals surface area (Å²) in [6.45, 7) is 17.6. The summed E-state index contributed by atoms with van der Waals surface area (Å²) in [5, 5.41) is 2.77. The van der Waals surface area contributed by atoms with Crippen LogP contribution in [0.4, 0.5) is 11.8 Å². The molecule has 1 N–H and O–H groups in total. The second-order valence-electron chi connectivity index (χ2n) is 15.3. The molecule has 0 radical (unpaired) electrons. The van der Waals surface area contributed by atoms with Gasteiger partial charge in [-0.05, 0) is 46.4 Å². The van der Waals surface area contributed by atoms with Crippen LogP contribution in [0.25, 0.3) is 11.2 Å². The van der Waals surface area contributed by atoms with Gasteiger partial charge in [-0.3, -0.25) is 14.7 Å². The largest absolute Gasteiger partial charge is 0.446 e. The Labute approximate surface area is 325 Å². The van der Waals surface area contributed by atoms with Crippen molar-refractivity contribution < 1.29 is 32.0 Å². The molecule has 2 aliphatic rings. The van der Waals surface area contributed by atoms with E-state index in [-0.39, 0.29) is 45.9 Å². The topological polar surface area (TPSA) is 131 Å². The highest BCUT2D eigenvalue weighted by Gasteiger charge is 2.62. The maximum atomic E-state index is 13.3. The molecule has 290 valence electrons. The Balaban J connectivity index is 1.47. The standard InChI is InChI=1S/C38H52N6O7SSi2/c1-23(2)53(24(3)4)46-21-29-31(50-54(51-53,25(5)6)26(7)8)32(49-38(52)47-28-19-15-12-16-20-28)36(48-29)44-22-39-30-33(43(9)10)40-37(41-34(30)44)42-35(45)27-17-13-11-14-18-27/h11-20,22-26,29,31-32,36H,21H2,1-10H3,(H,40,41,42,45)/t29-,31-,32-,36-/m1/s1. The molecule has 4 aromatic rings. The molecule has 0 aliphatic carbocycles. The molecule has 0 unspecified atom stereocenters. The van der Waals surface area contributed by atoms with Gasteiger partial charge in [-0.1, -0.05) is 91.8 Å². The quantitative estimate of drug-likeness (QED) is 0.125. The third-order valence-corrected chi connectivity index (χ3v) is 20.6. The number of nitrogens with one attached hydrogen (secondary N) is 1. The van der Waals surface area contributed by atoms with Crippen LogP contribution >= 0.6 is 12.2 Å². The van der Waals surface area contributed by atoms with Gasteiger partial charge in [0.05, 0.1) is 12.9 Å². The summed E-state index contributed by atoms with van der Waals surface area (Å²) >= 11 is 5.74. The number of ether oxygens (including phenoxy) is 3. The van der Waals surface area contributed by atoms with Crippen molar-refractivity contribution in [2.24, 2.45) is 0 Å². The van der Waals surface area contributed by atoms with Gasteiger partial charge in [-0.15, -0.1) is 0 Å². The van der Waals surface area contributed by atoms with E-state index in [9.17, 15) is 4.79 Å². The molecule has 13 nitrogen and oxygen atoms in total. The van der Waals surface area contributed by atoms with Gasteiger partial charge in [-0.2, -0.15) is 9.97 Å². The maximum absolute atomic E-state index is 13.3. The number of para-hydroxylation sites is 1. The lowest BCUT2D eigenvalue weighted by Gasteiger charge is -2.51. The number of hydrogen-bond acceptors (Lipinski definition) is 12. The van der Waals surface area contributed by atoms with Crippen LogP contribution < -0.4 is 15.0 Å². The first-order valence-corrected chi connectivity index (χ1v) is 22.9. The highest BCUT2D eigenvalue weighted by molar-refractivity contribution is 7.79. The Morgan fingerprint density at radius 1 is 0.907 bits per heavy atom. The fourth-order valence-electron chi connectivity index (χ4n) is 7.41. The van der Waals surface area contributed by atoms with Crippen LogP contribution in [0.2, 0.25) is 22.2 Å². The van der Waals surface area contributed by atoms with Gasteiger partial charge >= 0.3 is 22.4 Å². The average Bonchev–Trinajstić information content (AvgIpc) is 3.68. The highest BCUT2D eigenvalue weighted by atomic mass is 32.1. The molecule has 4 atom stereocenters. The molecule has 2 saturated heterocycles. The first-order valence-electron chi connectivity index (χ1n) is 18.6. The van der Waals surface area contributed by atoms with Crippen molar-refractivity contribution >= 4 is 63.4 Å². The molecule has 0 saturated carbocycles. The summed E-state index contributed by atoms with van der Waals surface area (Å²) in [6, 6.07) is 18.1. The number of hydrogen-bond donors (Lipinski definition) is 1. The number of carbonyl (C=O) groups excluding carboxylic acids is 1. The Bertz CT molecular complexity index is 1920. The summed E-state index contributed by atoms with van der Waals surface area (Å²) in [5.74, 6) is 0.806. The van der Waals surface area contributed by atoms with E-state index in [0.29, 0.717) is 28.3 Å². The minimum absolute atomic E-state index is 0.0664. The van der Waals surface area contributed by atoms with E-state index in [0.717, 1.165) is 0 Å². The molecule has 1 amide bonds. The third kappa shape index (κ3) is 7.69. The molecular weight excluding hydrogens is 741 g/mol. The van der Waals surface area contributed by atoms with Crippen molar-refractivity contribution in [1.82, 2.24) is 19.5 Å². The van der Waals surface area contributed by atoms with Crippen LogP contribution in [0, 0.1) is 0 Å². The van der Waals surface area contributed by atoms with Crippen LogP contribution in [0.1, 0.15) is 72.0 Å². The van der Waals surface area contributed by atoms with E-state index in [4.69, 9.17) is 49.4 Å². The van der Waals surface area contributed by atoms with Crippen LogP contribution in [0.15, 0.2) is 67.0 Å². The monoisotopic (exact) mass is 792 g/mol. The van der Waals surface area contributed by atoms with Crippen molar-refractivity contribution in [1.29, 1.82) is 0 Å². The van der Waals surface area contributed by atoms with Crippen molar-refractivity contribution in [2.75, 3.05) is 30.9 Å². The Hall–Kier alpha value is -3.78. The number of imidazole rings is 1. The molecule has 0 bridgehead atoms. The van der Waals surface area contributed by atoms with Gasteiger partial charge in [0.15, 0.2) is 29.3 Å². The first kappa shape index (κ1) is 39.9. The van der Waals surface area contributed by atoms with Crippen molar-refractivity contribution in [3.05, 3.63) is 72.6 Å². The summed E-state index contributed by atoms with van der Waals surface area (Å²) in [6.07, 6.45) is -1.29. The van der Waals surface area contributed by atoms with E-state index < -0.39 is 41.7 Å². The molecule has 16 heteroatoms. The summed E-state index contributed by atoms with van der Waals surface area (Å²) < 4.78 is 43.3. The lowest BCUT2D eigenvalue weighted by Crippen LogP contribution is -2.66. The predicted octanol–water partition coefficient (Wildman–Crippen LogP) is 7.75. The van der Waals surface area contributed by atoms with Crippen LogP contribution in [0.5, 0.6) is 5.75 Å². The number of rotatable bonds is 10. The number of thiocarbonyl (C=S) groups is 1. The lowest BCUT2D eigenvalue weighted by molar-refractivity contribution is -0.0569. The van der Waals surface area contributed by atoms with E-state index in [1.54, 1.807) is 47.3 Å². The van der Waals surface area contributed by atoms with Crippen LogP contribution in [0.3, 0.4) is 0 Å². The fraction of sp³-hybridized carbons (Fsp3) is 0.500. The van der Waals surface area contributed by atoms with E-state index in [1.165, 1.54) is 0 Å². The third-order valence-electron chi connectivity index (χ3n) is 10.2. The number of carbonyl (C=O) groups is 1. The van der Waals surface area contributed by atoms with E-state index >= 15 is 0 Å². The minimum atomic E-state index is -3.10. The molecule has 54 heavy (non-hydrogen) atoms. The molecule has 2 aromatic heterocycles. The fourth-order valence-corrected chi connectivity index (χ4v) is 18.8. The summed E-state index contributed by atoms with van der Waals surface area (Å²) in [5.41, 5.74) is 1.84. The smallest absolute Gasteiger partial charge is 0.358 e. The van der Waals surface area contributed by atoms with E-state index in [2.05, 4.69) is 65.7 Å². The molecule has 2 aliphatic heterocycles. The first-order chi connectivity index (χ1) is 25.7. The second kappa shape index (κ2) is 16.1. The Morgan fingerprint density at radius 3 is 2.11 bits per heavy atom. The Morgan fingerprint density at radius 2 is 1.52 bits per heavy atom. The van der Waals surface area contributed by atoms with Gasteiger partial charge in [0.25, 0.3) is 5.91 Å². The Kier molecular flexibility index (Phi) is 11.9. The number of nitrogens with zero attached hydrogens (tertiary/aromatic N) is 5. The SMILES string of the molecule is CC(C)[Si]1(C(C)C)OC[C@H]2O[C@@H](n3cnc4c(N(C)C)nc(NC(=O)c5ccccc5)nc43)[C@H](OC(=S)Oc3ccccc3)[C@@H]2O[Si](C(C)C)(C(C)C)O1. The zero-order valence-corrected chi connectivity index (χ0v) is 35.5. The van der Waals surface area contributed by atoms with E-state index in [1.807, 2.05) is 43.3 Å². The minimum Gasteiger partial charge on any atom is -0.446 e. The molecule has 2 aromatic carbocycles. The van der Waals surface area contributed by atoms with Crippen LogP contribution in [-0.4, -0.2) is 86.8 Å².